The number of halogens is 2. The monoisotopic (exact) mass is 704 g/mol. The number of aromatic nitrogens is 4. The summed E-state index contributed by atoms with van der Waals surface area (Å²) < 4.78 is 37.1. The van der Waals surface area contributed by atoms with Gasteiger partial charge in [-0.15, -0.1) is 5.56 Å². The summed E-state index contributed by atoms with van der Waals surface area (Å²) in [5.74, 6) is -2.14. The number of pyridine rings is 2. The smallest absolute Gasteiger partial charge is 0.410 e. The summed E-state index contributed by atoms with van der Waals surface area (Å²) in [7, 11) is 0. The van der Waals surface area contributed by atoms with Crippen LogP contribution in [0.5, 0.6) is 5.75 Å². The minimum absolute atomic E-state index is 0. The Morgan fingerprint density at radius 3 is 2.52 bits per heavy atom. The number of amides is 1. The molecule has 1 unspecified atom stereocenters. The first-order valence-electron chi connectivity index (χ1n) is 13.0. The number of aryl methyl sites for hydroxylation is 1. The SMILES string of the molecule is Cc1ccn[c-]c1-n1c(=O)nc(N2CCN(C(=O)OC(C)(C)C)CC2C)c2cc(F)c(-c3c(O)cccc3F)nc21.[Pr]. The van der Waals surface area contributed by atoms with Crippen molar-refractivity contribution in [3.8, 4) is 22.7 Å². The van der Waals surface area contributed by atoms with Crippen LogP contribution in [-0.4, -0.2) is 66.9 Å². The number of phenolic OH excluding ortho intramolecular Hbond substituents is 1. The van der Waals surface area contributed by atoms with E-state index in [0.29, 0.717) is 5.56 Å². The largest absolute Gasteiger partial charge is 0.507 e. The van der Waals surface area contributed by atoms with Gasteiger partial charge in [-0.1, -0.05) is 25.4 Å². The van der Waals surface area contributed by atoms with Gasteiger partial charge in [0.25, 0.3) is 0 Å². The minimum Gasteiger partial charge on any atom is -0.507 e. The maximum Gasteiger partial charge on any atom is 0.410 e. The van der Waals surface area contributed by atoms with E-state index in [9.17, 15) is 19.1 Å². The van der Waals surface area contributed by atoms with Gasteiger partial charge in [0.2, 0.25) is 0 Å². The van der Waals surface area contributed by atoms with Gasteiger partial charge in [0, 0.05) is 67.0 Å². The van der Waals surface area contributed by atoms with Gasteiger partial charge in [0.05, 0.1) is 10.9 Å². The summed E-state index contributed by atoms with van der Waals surface area (Å²) >= 11 is 0. The Bertz CT molecular complexity index is 1710. The van der Waals surface area contributed by atoms with E-state index in [1.165, 1.54) is 18.3 Å². The van der Waals surface area contributed by atoms with E-state index in [-0.39, 0.29) is 89.5 Å². The predicted molar refractivity (Wildman–Crippen MR) is 148 cm³/mol. The van der Waals surface area contributed by atoms with Gasteiger partial charge >= 0.3 is 11.8 Å². The Balaban J connectivity index is 0.00000405. The number of rotatable bonds is 3. The average molecular weight is 704 g/mol. The van der Waals surface area contributed by atoms with Gasteiger partial charge in [-0.3, -0.25) is 4.57 Å². The molecule has 1 amide bonds. The van der Waals surface area contributed by atoms with Crippen molar-refractivity contribution < 1.29 is 64.7 Å². The van der Waals surface area contributed by atoms with Crippen molar-refractivity contribution in [3.63, 3.8) is 0 Å². The third kappa shape index (κ3) is 6.10. The van der Waals surface area contributed by atoms with E-state index in [0.717, 1.165) is 16.7 Å². The summed E-state index contributed by atoms with van der Waals surface area (Å²) in [6, 6.07) is 6.06. The summed E-state index contributed by atoms with van der Waals surface area (Å²) in [6.07, 6.45) is 3.82. The molecule has 1 N–H and O–H groups in total. The van der Waals surface area contributed by atoms with Crippen molar-refractivity contribution in [1.29, 1.82) is 0 Å². The fraction of sp³-hybridized carbons (Fsp3) is 0.345. The van der Waals surface area contributed by atoms with Crippen molar-refractivity contribution in [3.05, 3.63) is 70.4 Å². The first-order valence-corrected chi connectivity index (χ1v) is 13.0. The topological polar surface area (TPSA) is 114 Å². The van der Waals surface area contributed by atoms with Crippen LogP contribution in [0.3, 0.4) is 0 Å². The van der Waals surface area contributed by atoms with Crippen LogP contribution >= 0.6 is 0 Å². The van der Waals surface area contributed by atoms with E-state index < -0.39 is 46.0 Å². The van der Waals surface area contributed by atoms with Gasteiger partial charge in [-0.05, 0) is 51.6 Å². The van der Waals surface area contributed by atoms with Crippen molar-refractivity contribution in [2.45, 2.75) is 46.3 Å². The number of carbonyl (C=O) groups excluding carboxylic acids is 1. The van der Waals surface area contributed by atoms with Crippen LogP contribution in [0.25, 0.3) is 28.0 Å². The number of hydrogen-bond acceptors (Lipinski definition) is 8. The molecule has 4 aromatic rings. The maximum absolute atomic E-state index is 15.7. The predicted octanol–water partition coefficient (Wildman–Crippen LogP) is 4.38. The van der Waals surface area contributed by atoms with Crippen LogP contribution in [0, 0.1) is 66.0 Å². The Labute approximate surface area is 274 Å². The number of carbonyl (C=O) groups is 1. The number of aromatic hydroxyl groups is 1. The fourth-order valence-electron chi connectivity index (χ4n) is 4.85. The molecule has 217 valence electrons. The summed E-state index contributed by atoms with van der Waals surface area (Å²) in [4.78, 5) is 42.3. The summed E-state index contributed by atoms with van der Waals surface area (Å²) in [5, 5.41) is 10.5. The van der Waals surface area contributed by atoms with Gasteiger partial charge in [0.15, 0.2) is 11.5 Å². The number of fused-ring (bicyclic) bond motifs is 1. The van der Waals surface area contributed by atoms with Crippen molar-refractivity contribution >= 4 is 22.9 Å². The molecule has 5 rings (SSSR count). The fourth-order valence-corrected chi connectivity index (χ4v) is 4.85. The van der Waals surface area contributed by atoms with Crippen LogP contribution in [0.2, 0.25) is 0 Å². The molecule has 0 bridgehead atoms. The number of ether oxygens (including phenoxy) is 1. The van der Waals surface area contributed by atoms with E-state index in [1.807, 2.05) is 6.92 Å². The molecular formula is C29H29F2N6O4Pr-. The second-order valence-corrected chi connectivity index (χ2v) is 10.9. The quantitative estimate of drug-likeness (QED) is 0.313. The number of hydrogen-bond donors (Lipinski definition) is 1. The van der Waals surface area contributed by atoms with E-state index in [4.69, 9.17) is 4.74 Å². The Morgan fingerprint density at radius 2 is 1.88 bits per heavy atom. The van der Waals surface area contributed by atoms with Crippen LogP contribution < -0.4 is 10.6 Å². The van der Waals surface area contributed by atoms with Gasteiger partial charge < -0.3 is 24.6 Å². The molecule has 4 heterocycles. The van der Waals surface area contributed by atoms with Crippen molar-refractivity contribution in [2.75, 3.05) is 24.5 Å². The molecule has 1 atom stereocenters. The van der Waals surface area contributed by atoms with E-state index in [2.05, 4.69) is 21.1 Å². The zero-order valence-electron chi connectivity index (χ0n) is 23.9. The van der Waals surface area contributed by atoms with Crippen LogP contribution in [0.15, 0.2) is 41.3 Å². The third-order valence-corrected chi connectivity index (χ3v) is 6.75. The maximum atomic E-state index is 15.7. The molecular weight excluding hydrogens is 675 g/mol. The Hall–Kier alpha value is -3.25. The normalized spacial score (nSPS) is 15.5. The molecule has 13 heteroatoms. The molecule has 1 saturated heterocycles. The van der Waals surface area contributed by atoms with Crippen molar-refractivity contribution in [2.24, 2.45) is 0 Å². The Morgan fingerprint density at radius 1 is 1.14 bits per heavy atom. The summed E-state index contributed by atoms with van der Waals surface area (Å²) in [6.45, 7) is 9.78. The average Bonchev–Trinajstić information content (AvgIpc) is 2.88. The molecule has 1 radical (unpaired) electrons. The third-order valence-electron chi connectivity index (χ3n) is 6.75. The first kappa shape index (κ1) is 31.7. The number of anilines is 1. The molecule has 0 spiro atoms. The Kier molecular flexibility index (Phi) is 9.18. The molecule has 3 aromatic heterocycles. The van der Waals surface area contributed by atoms with Gasteiger partial charge in [-0.25, -0.2) is 23.4 Å². The van der Waals surface area contributed by atoms with E-state index >= 15 is 4.39 Å². The second-order valence-electron chi connectivity index (χ2n) is 10.9. The molecule has 1 aliphatic rings. The summed E-state index contributed by atoms with van der Waals surface area (Å²) in [5.41, 5.74) is -1.45. The molecule has 1 aliphatic heterocycles. The molecule has 1 aromatic carbocycles. The molecule has 1 fully saturated rings. The van der Waals surface area contributed by atoms with Crippen LogP contribution in [-0.2, 0) is 4.74 Å². The zero-order valence-corrected chi connectivity index (χ0v) is 27.6. The van der Waals surface area contributed by atoms with Crippen molar-refractivity contribution in [1.82, 2.24) is 24.4 Å². The second kappa shape index (κ2) is 12.2. The van der Waals surface area contributed by atoms with Crippen LogP contribution in [0.1, 0.15) is 33.3 Å². The van der Waals surface area contributed by atoms with Gasteiger partial charge in [0.1, 0.15) is 28.7 Å². The molecule has 10 nitrogen and oxygen atoms in total. The number of phenols is 1. The number of benzene rings is 1. The molecule has 0 aliphatic carbocycles. The standard InChI is InChI=1S/C29H29F2N6O4.Pr/c1-16-9-10-32-14-21(16)37-26-18(13-20(31)24(33-26)23-19(30)7-6-8-22(23)38)25(34-27(37)39)36-12-11-35(15-17(36)2)28(40)41-29(3,4)5;/h6-10,13,17,38H,11-12,15H2,1-5H3;/q-1;. The molecule has 42 heavy (non-hydrogen) atoms. The minimum atomic E-state index is -0.918. The first-order chi connectivity index (χ1) is 19.4. The number of piperazine rings is 1. The van der Waals surface area contributed by atoms with Gasteiger partial charge in [-0.2, -0.15) is 11.1 Å². The van der Waals surface area contributed by atoms with Crippen LogP contribution in [0.4, 0.5) is 19.4 Å². The zero-order chi connectivity index (χ0) is 29.6. The molecule has 0 saturated carbocycles. The number of nitrogens with zero attached hydrogens (tertiary/aromatic N) is 6. The van der Waals surface area contributed by atoms with E-state index in [1.54, 1.807) is 43.6 Å².